The van der Waals surface area contributed by atoms with Gasteiger partial charge in [-0.2, -0.15) is 4.98 Å². The molecule has 2 unspecified atom stereocenters. The van der Waals surface area contributed by atoms with Crippen molar-refractivity contribution in [2.75, 3.05) is 0 Å². The fraction of sp³-hybridized carbons (Fsp3) is 0.500. The Bertz CT molecular complexity index is 593. The lowest BCUT2D eigenvalue weighted by Gasteiger charge is -2.02. The van der Waals surface area contributed by atoms with Crippen molar-refractivity contribution in [1.29, 1.82) is 0 Å². The van der Waals surface area contributed by atoms with E-state index in [0.717, 1.165) is 36.1 Å². The molecule has 0 spiro atoms. The van der Waals surface area contributed by atoms with E-state index in [9.17, 15) is 0 Å². The molecule has 5 heteroatoms. The molecule has 1 aliphatic rings. The Kier molecular flexibility index (Phi) is 3.06. The average molecular weight is 258 g/mol. The van der Waals surface area contributed by atoms with Crippen molar-refractivity contribution in [2.24, 2.45) is 5.73 Å². The van der Waals surface area contributed by atoms with Crippen molar-refractivity contribution in [3.8, 4) is 11.5 Å². The van der Waals surface area contributed by atoms with E-state index < -0.39 is 0 Å². The molecule has 0 bridgehead atoms. The first kappa shape index (κ1) is 12.3. The highest BCUT2D eigenvalue weighted by molar-refractivity contribution is 5.54. The molecule has 0 aromatic carbocycles. The average Bonchev–Trinajstić information content (AvgIpc) is 2.97. The summed E-state index contributed by atoms with van der Waals surface area (Å²) >= 11 is 0. The summed E-state index contributed by atoms with van der Waals surface area (Å²) in [5.41, 5.74) is 8.91. The largest absolute Gasteiger partial charge is 0.339 e. The molecule has 2 N–H and O–H groups in total. The van der Waals surface area contributed by atoms with Gasteiger partial charge in [-0.1, -0.05) is 11.2 Å². The molecule has 0 radical (unpaired) electrons. The Labute approximate surface area is 112 Å². The van der Waals surface area contributed by atoms with Crippen molar-refractivity contribution in [1.82, 2.24) is 15.1 Å². The Balaban J connectivity index is 1.88. The van der Waals surface area contributed by atoms with E-state index in [-0.39, 0.29) is 6.04 Å². The fourth-order valence-corrected chi connectivity index (χ4v) is 2.69. The van der Waals surface area contributed by atoms with Crippen LogP contribution in [-0.4, -0.2) is 21.2 Å². The van der Waals surface area contributed by atoms with Gasteiger partial charge in [-0.05, 0) is 44.2 Å². The minimum atomic E-state index is 0.264. The molecule has 5 nitrogen and oxygen atoms in total. The van der Waals surface area contributed by atoms with Crippen LogP contribution in [0.25, 0.3) is 11.5 Å². The molecule has 3 rings (SSSR count). The van der Waals surface area contributed by atoms with Crippen LogP contribution in [0.5, 0.6) is 0 Å². The number of aromatic nitrogens is 3. The SMILES string of the molecule is Cc1cnc(-c2noc(C3CCC(N)C3)n2)c(C)c1. The zero-order valence-electron chi connectivity index (χ0n) is 11.3. The molecule has 2 aromatic rings. The van der Waals surface area contributed by atoms with Crippen LogP contribution in [0.2, 0.25) is 0 Å². The summed E-state index contributed by atoms with van der Waals surface area (Å²) in [4.78, 5) is 8.88. The van der Waals surface area contributed by atoms with Crippen LogP contribution in [0, 0.1) is 13.8 Å². The number of hydrogen-bond donors (Lipinski definition) is 1. The predicted octanol–water partition coefficient (Wildman–Crippen LogP) is 2.34. The van der Waals surface area contributed by atoms with Crippen LogP contribution in [0.4, 0.5) is 0 Å². The van der Waals surface area contributed by atoms with Crippen LogP contribution >= 0.6 is 0 Å². The third kappa shape index (κ3) is 2.38. The van der Waals surface area contributed by atoms with E-state index >= 15 is 0 Å². The van der Waals surface area contributed by atoms with Gasteiger partial charge < -0.3 is 10.3 Å². The Morgan fingerprint density at radius 1 is 1.32 bits per heavy atom. The zero-order chi connectivity index (χ0) is 13.4. The zero-order valence-corrected chi connectivity index (χ0v) is 11.3. The van der Waals surface area contributed by atoms with Gasteiger partial charge in [0.1, 0.15) is 5.69 Å². The topological polar surface area (TPSA) is 77.8 Å². The van der Waals surface area contributed by atoms with Gasteiger partial charge >= 0.3 is 0 Å². The second-order valence-electron chi connectivity index (χ2n) is 5.40. The molecule has 1 fully saturated rings. The van der Waals surface area contributed by atoms with E-state index in [1.54, 1.807) is 0 Å². The van der Waals surface area contributed by atoms with Crippen LogP contribution in [0.3, 0.4) is 0 Å². The third-order valence-corrected chi connectivity index (χ3v) is 3.69. The highest BCUT2D eigenvalue weighted by Crippen LogP contribution is 2.33. The maximum atomic E-state index is 5.92. The smallest absolute Gasteiger partial charge is 0.230 e. The molecule has 0 saturated heterocycles. The first-order chi connectivity index (χ1) is 9.13. The van der Waals surface area contributed by atoms with Gasteiger partial charge in [0.15, 0.2) is 0 Å². The Morgan fingerprint density at radius 3 is 2.84 bits per heavy atom. The molecule has 0 amide bonds. The molecule has 100 valence electrons. The summed E-state index contributed by atoms with van der Waals surface area (Å²) < 4.78 is 5.38. The summed E-state index contributed by atoms with van der Waals surface area (Å²) in [6, 6.07) is 2.34. The molecule has 2 aromatic heterocycles. The van der Waals surface area contributed by atoms with Crippen molar-refractivity contribution in [3.05, 3.63) is 29.3 Å². The van der Waals surface area contributed by atoms with Crippen molar-refractivity contribution in [3.63, 3.8) is 0 Å². The number of pyridine rings is 1. The van der Waals surface area contributed by atoms with Crippen LogP contribution in [0.15, 0.2) is 16.8 Å². The van der Waals surface area contributed by atoms with E-state index in [4.69, 9.17) is 10.3 Å². The lowest BCUT2D eigenvalue weighted by atomic mass is 10.1. The second kappa shape index (κ2) is 4.74. The summed E-state index contributed by atoms with van der Waals surface area (Å²) in [6.07, 6.45) is 4.82. The third-order valence-electron chi connectivity index (χ3n) is 3.69. The van der Waals surface area contributed by atoms with Gasteiger partial charge in [0.25, 0.3) is 0 Å². The first-order valence-electron chi connectivity index (χ1n) is 6.66. The quantitative estimate of drug-likeness (QED) is 0.894. The number of aryl methyl sites for hydroxylation is 2. The number of rotatable bonds is 2. The van der Waals surface area contributed by atoms with Gasteiger partial charge in [-0.3, -0.25) is 4.98 Å². The molecule has 1 aliphatic carbocycles. The first-order valence-corrected chi connectivity index (χ1v) is 6.66. The Hall–Kier alpha value is -1.75. The lowest BCUT2D eigenvalue weighted by molar-refractivity contribution is 0.353. The molecule has 19 heavy (non-hydrogen) atoms. The van der Waals surface area contributed by atoms with Gasteiger partial charge in [-0.25, -0.2) is 0 Å². The summed E-state index contributed by atoms with van der Waals surface area (Å²) in [5.74, 6) is 1.58. The Morgan fingerprint density at radius 2 is 2.16 bits per heavy atom. The van der Waals surface area contributed by atoms with E-state index in [1.807, 2.05) is 20.0 Å². The summed E-state index contributed by atoms with van der Waals surface area (Å²) in [6.45, 7) is 4.03. The highest BCUT2D eigenvalue weighted by atomic mass is 16.5. The normalized spacial score (nSPS) is 22.9. The summed E-state index contributed by atoms with van der Waals surface area (Å²) in [7, 11) is 0. The van der Waals surface area contributed by atoms with Crippen LogP contribution in [0.1, 0.15) is 42.2 Å². The number of nitrogens with two attached hydrogens (primary N) is 1. The van der Waals surface area contributed by atoms with Crippen LogP contribution in [-0.2, 0) is 0 Å². The summed E-state index contributed by atoms with van der Waals surface area (Å²) in [5, 5.41) is 4.06. The fourth-order valence-electron chi connectivity index (χ4n) is 2.69. The van der Waals surface area contributed by atoms with Gasteiger partial charge in [-0.15, -0.1) is 0 Å². The van der Waals surface area contributed by atoms with Gasteiger partial charge in [0.05, 0.1) is 0 Å². The number of hydrogen-bond acceptors (Lipinski definition) is 5. The minimum Gasteiger partial charge on any atom is -0.339 e. The second-order valence-corrected chi connectivity index (χ2v) is 5.40. The maximum absolute atomic E-state index is 5.92. The van der Waals surface area contributed by atoms with Crippen molar-refractivity contribution in [2.45, 2.75) is 45.1 Å². The van der Waals surface area contributed by atoms with Gasteiger partial charge in [0.2, 0.25) is 11.7 Å². The molecular weight excluding hydrogens is 240 g/mol. The van der Waals surface area contributed by atoms with E-state index in [1.165, 1.54) is 0 Å². The molecule has 0 aliphatic heterocycles. The molecule has 2 heterocycles. The molecule has 1 saturated carbocycles. The predicted molar refractivity (Wildman–Crippen MR) is 71.6 cm³/mol. The van der Waals surface area contributed by atoms with Crippen molar-refractivity contribution >= 4 is 0 Å². The standard InChI is InChI=1S/C14H18N4O/c1-8-5-9(2)12(16-7-8)13-17-14(19-18-13)10-3-4-11(15)6-10/h5,7,10-11H,3-4,6,15H2,1-2H3. The van der Waals surface area contributed by atoms with E-state index in [2.05, 4.69) is 21.2 Å². The monoisotopic (exact) mass is 258 g/mol. The molecule has 2 atom stereocenters. The molecular formula is C14H18N4O. The van der Waals surface area contributed by atoms with E-state index in [0.29, 0.717) is 17.6 Å². The highest BCUT2D eigenvalue weighted by Gasteiger charge is 2.28. The maximum Gasteiger partial charge on any atom is 0.230 e. The van der Waals surface area contributed by atoms with Crippen LogP contribution < -0.4 is 5.73 Å². The number of nitrogens with zero attached hydrogens (tertiary/aromatic N) is 3. The minimum absolute atomic E-state index is 0.264. The van der Waals surface area contributed by atoms with Gasteiger partial charge in [0, 0.05) is 18.2 Å². The lowest BCUT2D eigenvalue weighted by Crippen LogP contribution is -2.14. The van der Waals surface area contributed by atoms with Crippen molar-refractivity contribution < 1.29 is 4.52 Å².